The molecule has 0 radical (unpaired) electrons. The molecule has 0 aliphatic heterocycles. The van der Waals surface area contributed by atoms with Crippen LogP contribution in [0.1, 0.15) is 52.4 Å². The molecule has 11 N–H and O–H groups in total. The van der Waals surface area contributed by atoms with E-state index in [-0.39, 0.29) is 38.0 Å². The molecule has 0 aromatic carbocycles. The van der Waals surface area contributed by atoms with Gasteiger partial charge in [0.25, 0.3) is 0 Å². The van der Waals surface area contributed by atoms with Crippen LogP contribution in [0.15, 0.2) is 0 Å². The highest BCUT2D eigenvalue weighted by atomic mass is 16.4. The minimum absolute atomic E-state index is 0.0818. The summed E-state index contributed by atoms with van der Waals surface area (Å²) in [5.41, 5.74) is 15.7. The van der Waals surface area contributed by atoms with Crippen LogP contribution in [0.25, 0.3) is 0 Å². The lowest BCUT2D eigenvalue weighted by Crippen LogP contribution is -2.57. The Labute approximate surface area is 201 Å². The molecule has 0 saturated carbocycles. The fraction of sp³-hybridized carbons (Fsp3) is 0.650. The van der Waals surface area contributed by atoms with Gasteiger partial charge < -0.3 is 43.4 Å². The first-order valence-electron chi connectivity index (χ1n) is 10.8. The lowest BCUT2D eigenvalue weighted by Gasteiger charge is -2.25. The van der Waals surface area contributed by atoms with Crippen molar-refractivity contribution in [3.05, 3.63) is 0 Å². The summed E-state index contributed by atoms with van der Waals surface area (Å²) in [6, 6.07) is -5.68. The smallest absolute Gasteiger partial charge is 0.326 e. The van der Waals surface area contributed by atoms with E-state index >= 15 is 0 Å². The average molecular weight is 503 g/mol. The zero-order valence-electron chi connectivity index (χ0n) is 19.6. The standard InChI is InChI=1S/C20H34N6O9/c1-9(2)7-13(20(34)35)26-18(32)11(4-6-15(23)28)24-19(33)12(8-16(29)30)25-17(31)10(21)3-5-14(22)27/h9-13H,3-8,21H2,1-2H3,(H2,22,27)(H2,23,28)(H,24,33)(H,25,31)(H,26,32)(H,29,30)(H,34,35). The van der Waals surface area contributed by atoms with Crippen molar-refractivity contribution in [1.82, 2.24) is 16.0 Å². The van der Waals surface area contributed by atoms with Crippen molar-refractivity contribution in [3.63, 3.8) is 0 Å². The summed E-state index contributed by atoms with van der Waals surface area (Å²) in [7, 11) is 0. The molecule has 0 aromatic heterocycles. The highest BCUT2D eigenvalue weighted by molar-refractivity contribution is 5.96. The zero-order chi connectivity index (χ0) is 27.3. The van der Waals surface area contributed by atoms with Crippen molar-refractivity contribution < 1.29 is 43.8 Å². The van der Waals surface area contributed by atoms with Crippen LogP contribution >= 0.6 is 0 Å². The number of carbonyl (C=O) groups excluding carboxylic acids is 5. The molecule has 0 aromatic rings. The van der Waals surface area contributed by atoms with E-state index in [4.69, 9.17) is 22.3 Å². The van der Waals surface area contributed by atoms with E-state index in [9.17, 15) is 38.7 Å². The summed E-state index contributed by atoms with van der Waals surface area (Å²) in [4.78, 5) is 82.4. The normalized spacial score (nSPS) is 14.2. The Bertz CT molecular complexity index is 817. The molecule has 15 heteroatoms. The Kier molecular flexibility index (Phi) is 13.6. The Morgan fingerprint density at radius 3 is 1.63 bits per heavy atom. The molecule has 0 bridgehead atoms. The Hall–Kier alpha value is -3.75. The van der Waals surface area contributed by atoms with E-state index in [1.54, 1.807) is 13.8 Å². The van der Waals surface area contributed by atoms with Crippen LogP contribution in [-0.2, 0) is 33.6 Å². The number of nitrogens with one attached hydrogen (secondary N) is 3. The second kappa shape index (κ2) is 15.2. The summed E-state index contributed by atoms with van der Waals surface area (Å²) in [6.45, 7) is 3.48. The summed E-state index contributed by atoms with van der Waals surface area (Å²) in [5.74, 6) is -7.35. The van der Waals surface area contributed by atoms with Gasteiger partial charge in [-0.2, -0.15) is 0 Å². The minimum Gasteiger partial charge on any atom is -0.481 e. The Balaban J connectivity index is 5.57. The maximum absolute atomic E-state index is 12.7. The number of amides is 5. The van der Waals surface area contributed by atoms with E-state index in [1.165, 1.54) is 0 Å². The molecule has 0 heterocycles. The number of nitrogens with two attached hydrogens (primary N) is 3. The lowest BCUT2D eigenvalue weighted by atomic mass is 10.0. The molecule has 0 fully saturated rings. The van der Waals surface area contributed by atoms with Crippen molar-refractivity contribution in [1.29, 1.82) is 0 Å². The van der Waals surface area contributed by atoms with Crippen LogP contribution in [0, 0.1) is 5.92 Å². The molecular weight excluding hydrogens is 468 g/mol. The topological polar surface area (TPSA) is 274 Å². The third-order valence-electron chi connectivity index (χ3n) is 4.68. The summed E-state index contributed by atoms with van der Waals surface area (Å²) < 4.78 is 0. The second-order valence-electron chi connectivity index (χ2n) is 8.37. The number of carboxylic acids is 2. The molecule has 15 nitrogen and oxygen atoms in total. The molecule has 5 amide bonds. The molecule has 0 saturated heterocycles. The fourth-order valence-electron chi connectivity index (χ4n) is 2.88. The van der Waals surface area contributed by atoms with Gasteiger partial charge in [-0.1, -0.05) is 13.8 Å². The first-order chi connectivity index (χ1) is 16.1. The zero-order valence-corrected chi connectivity index (χ0v) is 19.6. The number of rotatable bonds is 17. The molecule has 0 aliphatic carbocycles. The molecular formula is C20H34N6O9. The number of carboxylic acid groups (broad SMARTS) is 2. The van der Waals surface area contributed by atoms with Crippen LogP contribution in [0.5, 0.6) is 0 Å². The predicted molar refractivity (Wildman–Crippen MR) is 120 cm³/mol. The van der Waals surface area contributed by atoms with Crippen molar-refractivity contribution in [2.24, 2.45) is 23.1 Å². The van der Waals surface area contributed by atoms with Gasteiger partial charge in [-0.15, -0.1) is 0 Å². The third-order valence-corrected chi connectivity index (χ3v) is 4.68. The molecule has 35 heavy (non-hydrogen) atoms. The molecule has 0 rings (SSSR count). The van der Waals surface area contributed by atoms with Gasteiger partial charge in [-0.3, -0.25) is 28.8 Å². The maximum Gasteiger partial charge on any atom is 0.326 e. The SMILES string of the molecule is CC(C)CC(NC(=O)C(CCC(N)=O)NC(=O)C(CC(=O)O)NC(=O)C(N)CCC(N)=O)C(=O)O. The van der Waals surface area contributed by atoms with Crippen LogP contribution in [0.4, 0.5) is 0 Å². The molecule has 4 atom stereocenters. The van der Waals surface area contributed by atoms with E-state index in [2.05, 4.69) is 16.0 Å². The third kappa shape index (κ3) is 13.5. The molecule has 198 valence electrons. The van der Waals surface area contributed by atoms with Crippen molar-refractivity contribution in [2.45, 2.75) is 76.5 Å². The van der Waals surface area contributed by atoms with Crippen LogP contribution in [0.2, 0.25) is 0 Å². The Morgan fingerprint density at radius 2 is 1.17 bits per heavy atom. The predicted octanol–water partition coefficient (Wildman–Crippen LogP) is -3.10. The fourth-order valence-corrected chi connectivity index (χ4v) is 2.88. The molecule has 4 unspecified atom stereocenters. The highest BCUT2D eigenvalue weighted by Crippen LogP contribution is 2.07. The van der Waals surface area contributed by atoms with Crippen LogP contribution in [-0.4, -0.2) is 75.9 Å². The number of hydrogen-bond donors (Lipinski definition) is 8. The minimum atomic E-state index is -1.67. The van der Waals surface area contributed by atoms with Gasteiger partial charge in [0.2, 0.25) is 29.5 Å². The number of primary amides is 2. The lowest BCUT2D eigenvalue weighted by molar-refractivity contribution is -0.143. The van der Waals surface area contributed by atoms with Gasteiger partial charge in [0.1, 0.15) is 18.1 Å². The maximum atomic E-state index is 12.7. The van der Waals surface area contributed by atoms with E-state index in [0.717, 1.165) is 0 Å². The summed E-state index contributed by atoms with van der Waals surface area (Å²) in [6.07, 6.45) is -1.84. The van der Waals surface area contributed by atoms with Crippen molar-refractivity contribution in [2.75, 3.05) is 0 Å². The van der Waals surface area contributed by atoms with Gasteiger partial charge in [-0.05, 0) is 25.2 Å². The number of aliphatic carboxylic acids is 2. The molecule has 0 spiro atoms. The van der Waals surface area contributed by atoms with Crippen molar-refractivity contribution >= 4 is 41.5 Å². The first kappa shape index (κ1) is 31.2. The summed E-state index contributed by atoms with van der Waals surface area (Å²) >= 11 is 0. The largest absolute Gasteiger partial charge is 0.481 e. The monoisotopic (exact) mass is 502 g/mol. The average Bonchev–Trinajstić information content (AvgIpc) is 2.72. The van der Waals surface area contributed by atoms with Gasteiger partial charge >= 0.3 is 11.9 Å². The van der Waals surface area contributed by atoms with E-state index in [1.807, 2.05) is 0 Å². The van der Waals surface area contributed by atoms with Gasteiger partial charge in [0.05, 0.1) is 12.5 Å². The van der Waals surface area contributed by atoms with Gasteiger partial charge in [-0.25, -0.2) is 4.79 Å². The van der Waals surface area contributed by atoms with Crippen molar-refractivity contribution in [3.8, 4) is 0 Å². The molecule has 0 aliphatic rings. The van der Waals surface area contributed by atoms with Crippen LogP contribution in [0.3, 0.4) is 0 Å². The van der Waals surface area contributed by atoms with Gasteiger partial charge in [0, 0.05) is 12.8 Å². The first-order valence-corrected chi connectivity index (χ1v) is 10.8. The van der Waals surface area contributed by atoms with E-state index < -0.39 is 72.1 Å². The van der Waals surface area contributed by atoms with E-state index in [0.29, 0.717) is 0 Å². The van der Waals surface area contributed by atoms with Gasteiger partial charge in [0.15, 0.2) is 0 Å². The highest BCUT2D eigenvalue weighted by Gasteiger charge is 2.31. The number of carbonyl (C=O) groups is 7. The Morgan fingerprint density at radius 1 is 0.714 bits per heavy atom. The second-order valence-corrected chi connectivity index (χ2v) is 8.37. The number of hydrogen-bond acceptors (Lipinski definition) is 8. The van der Waals surface area contributed by atoms with Crippen LogP contribution < -0.4 is 33.2 Å². The summed E-state index contributed by atoms with van der Waals surface area (Å²) in [5, 5.41) is 25.1. The quantitative estimate of drug-likeness (QED) is 0.0991.